The lowest BCUT2D eigenvalue weighted by Crippen LogP contribution is -2.17. The fourth-order valence-electron chi connectivity index (χ4n) is 2.95. The summed E-state index contributed by atoms with van der Waals surface area (Å²) in [5.74, 6) is 5.86. The fraction of sp³-hybridized carbons (Fsp3) is 0.333. The van der Waals surface area contributed by atoms with Crippen LogP contribution in [0.1, 0.15) is 26.5 Å². The smallest absolute Gasteiger partial charge is 0.300 e. The average molecular weight is 377 g/mol. The Hall–Kier alpha value is -3.24. The standard InChI is InChI=1S/C21H23N5O2/c1-4-5-21(28)25-16-6-7-18-19(9-16)26(13-24-18)20-10-17(22-12-23-20)8-15(11-27)14(2)3/h6-7,9-10,12-15,27H,8,11H2,1-3H3,(H,25,28). The van der Waals surface area contributed by atoms with Crippen LogP contribution < -0.4 is 5.32 Å². The maximum absolute atomic E-state index is 11.7. The number of rotatable bonds is 6. The molecule has 0 spiro atoms. The van der Waals surface area contributed by atoms with Crippen LogP contribution in [0.5, 0.6) is 0 Å². The number of anilines is 1. The zero-order valence-corrected chi connectivity index (χ0v) is 16.2. The molecule has 2 aromatic heterocycles. The second kappa shape index (κ2) is 8.63. The Bertz CT molecular complexity index is 1050. The van der Waals surface area contributed by atoms with Crippen molar-refractivity contribution >= 4 is 22.6 Å². The molecule has 0 aliphatic heterocycles. The maximum Gasteiger partial charge on any atom is 0.300 e. The third-order valence-electron chi connectivity index (χ3n) is 4.65. The van der Waals surface area contributed by atoms with E-state index in [1.165, 1.54) is 6.33 Å². The lowest BCUT2D eigenvalue weighted by atomic mass is 9.92. The van der Waals surface area contributed by atoms with Crippen LogP contribution in [0.2, 0.25) is 0 Å². The highest BCUT2D eigenvalue weighted by atomic mass is 16.3. The van der Waals surface area contributed by atoms with Crippen molar-refractivity contribution < 1.29 is 9.90 Å². The normalized spacial score (nSPS) is 11.9. The van der Waals surface area contributed by atoms with Gasteiger partial charge < -0.3 is 10.4 Å². The summed E-state index contributed by atoms with van der Waals surface area (Å²) in [5, 5.41) is 12.3. The van der Waals surface area contributed by atoms with Gasteiger partial charge in [-0.1, -0.05) is 19.8 Å². The van der Waals surface area contributed by atoms with Gasteiger partial charge in [0.1, 0.15) is 18.5 Å². The van der Waals surface area contributed by atoms with Gasteiger partial charge >= 0.3 is 0 Å². The van der Waals surface area contributed by atoms with Gasteiger partial charge in [-0.3, -0.25) is 9.36 Å². The molecule has 1 atom stereocenters. The molecule has 3 aromatic rings. The van der Waals surface area contributed by atoms with Gasteiger partial charge in [0, 0.05) is 24.1 Å². The number of nitrogens with one attached hydrogen (secondary N) is 1. The SMILES string of the molecule is CC#CC(=O)Nc1ccc2ncn(-c3cc(CC(CO)C(C)C)ncn3)c2c1. The van der Waals surface area contributed by atoms with Gasteiger partial charge in [0.25, 0.3) is 5.91 Å². The summed E-state index contributed by atoms with van der Waals surface area (Å²) in [6, 6.07) is 7.36. The number of hydrogen-bond donors (Lipinski definition) is 2. The molecule has 0 aliphatic carbocycles. The van der Waals surface area contributed by atoms with Crippen LogP contribution in [0, 0.1) is 23.7 Å². The van der Waals surface area contributed by atoms with Crippen molar-refractivity contribution in [3.05, 3.63) is 42.6 Å². The molecule has 0 radical (unpaired) electrons. The summed E-state index contributed by atoms with van der Waals surface area (Å²) < 4.78 is 1.85. The van der Waals surface area contributed by atoms with Crippen molar-refractivity contribution in [2.75, 3.05) is 11.9 Å². The zero-order valence-electron chi connectivity index (χ0n) is 16.2. The van der Waals surface area contributed by atoms with E-state index in [-0.39, 0.29) is 18.4 Å². The van der Waals surface area contributed by atoms with Gasteiger partial charge in [0.05, 0.1) is 11.0 Å². The van der Waals surface area contributed by atoms with Crippen LogP contribution in [-0.4, -0.2) is 37.1 Å². The summed E-state index contributed by atoms with van der Waals surface area (Å²) in [7, 11) is 0. The first-order valence-electron chi connectivity index (χ1n) is 9.14. The average Bonchev–Trinajstić information content (AvgIpc) is 3.09. The molecule has 2 heterocycles. The molecule has 0 saturated carbocycles. The first-order valence-corrected chi connectivity index (χ1v) is 9.14. The molecule has 144 valence electrons. The third-order valence-corrected chi connectivity index (χ3v) is 4.65. The van der Waals surface area contributed by atoms with E-state index < -0.39 is 0 Å². The number of aromatic nitrogens is 4. The molecule has 0 fully saturated rings. The number of nitrogens with zero attached hydrogens (tertiary/aromatic N) is 4. The molecule has 2 N–H and O–H groups in total. The maximum atomic E-state index is 11.7. The molecule has 1 aromatic carbocycles. The number of carbonyl (C=O) groups excluding carboxylic acids is 1. The van der Waals surface area contributed by atoms with E-state index in [1.807, 2.05) is 22.8 Å². The second-order valence-electron chi connectivity index (χ2n) is 6.91. The van der Waals surface area contributed by atoms with E-state index in [9.17, 15) is 9.90 Å². The number of carbonyl (C=O) groups is 1. The number of amides is 1. The topological polar surface area (TPSA) is 92.9 Å². The lowest BCUT2D eigenvalue weighted by molar-refractivity contribution is -0.111. The summed E-state index contributed by atoms with van der Waals surface area (Å²) >= 11 is 0. The van der Waals surface area contributed by atoms with Gasteiger partial charge in [-0.05, 0) is 49.3 Å². The minimum atomic E-state index is -0.360. The van der Waals surface area contributed by atoms with Crippen molar-refractivity contribution in [1.29, 1.82) is 0 Å². The highest BCUT2D eigenvalue weighted by molar-refractivity contribution is 6.04. The van der Waals surface area contributed by atoms with E-state index >= 15 is 0 Å². The molecule has 0 bridgehead atoms. The number of aliphatic hydroxyl groups is 1. The Kier molecular flexibility index (Phi) is 6.02. The van der Waals surface area contributed by atoms with Gasteiger partial charge in [-0.15, -0.1) is 0 Å². The number of benzene rings is 1. The summed E-state index contributed by atoms with van der Waals surface area (Å²) in [6.07, 6.45) is 3.89. The van der Waals surface area contributed by atoms with Crippen molar-refractivity contribution in [1.82, 2.24) is 19.5 Å². The molecule has 7 nitrogen and oxygen atoms in total. The molecule has 0 aliphatic rings. The number of hydrogen-bond acceptors (Lipinski definition) is 5. The van der Waals surface area contributed by atoms with E-state index in [2.05, 4.69) is 46.0 Å². The molecular weight excluding hydrogens is 354 g/mol. The van der Waals surface area contributed by atoms with Crippen molar-refractivity contribution in [3.8, 4) is 17.7 Å². The lowest BCUT2D eigenvalue weighted by Gasteiger charge is -2.17. The van der Waals surface area contributed by atoms with E-state index in [0.717, 1.165) is 16.7 Å². The fourth-order valence-corrected chi connectivity index (χ4v) is 2.95. The Morgan fingerprint density at radius 2 is 2.07 bits per heavy atom. The Balaban J connectivity index is 1.93. The summed E-state index contributed by atoms with van der Waals surface area (Å²) in [5.41, 5.74) is 3.10. The Labute approximate surface area is 163 Å². The molecule has 7 heteroatoms. The van der Waals surface area contributed by atoms with Gasteiger partial charge in [-0.25, -0.2) is 15.0 Å². The predicted octanol–water partition coefficient (Wildman–Crippen LogP) is 2.58. The van der Waals surface area contributed by atoms with Crippen LogP contribution in [0.3, 0.4) is 0 Å². The van der Waals surface area contributed by atoms with E-state index in [1.54, 1.807) is 19.3 Å². The van der Waals surface area contributed by atoms with Gasteiger partial charge in [-0.2, -0.15) is 0 Å². The summed E-state index contributed by atoms with van der Waals surface area (Å²) in [4.78, 5) is 24.9. The van der Waals surface area contributed by atoms with E-state index in [4.69, 9.17) is 0 Å². The van der Waals surface area contributed by atoms with Crippen LogP contribution in [0.15, 0.2) is 36.9 Å². The Morgan fingerprint density at radius 3 is 2.79 bits per heavy atom. The second-order valence-corrected chi connectivity index (χ2v) is 6.91. The molecule has 1 unspecified atom stereocenters. The number of imidazole rings is 1. The quantitative estimate of drug-likeness (QED) is 0.644. The molecule has 3 rings (SSSR count). The molecule has 0 saturated heterocycles. The highest BCUT2D eigenvalue weighted by Crippen LogP contribution is 2.22. The first-order chi connectivity index (χ1) is 13.5. The van der Waals surface area contributed by atoms with E-state index in [0.29, 0.717) is 23.8 Å². The van der Waals surface area contributed by atoms with Gasteiger partial charge in [0.2, 0.25) is 0 Å². The van der Waals surface area contributed by atoms with Crippen molar-refractivity contribution in [3.63, 3.8) is 0 Å². The number of fused-ring (bicyclic) bond motifs is 1. The predicted molar refractivity (Wildman–Crippen MR) is 108 cm³/mol. The van der Waals surface area contributed by atoms with Crippen LogP contribution >= 0.6 is 0 Å². The first kappa shape index (κ1) is 19.5. The monoisotopic (exact) mass is 377 g/mol. The summed E-state index contributed by atoms with van der Waals surface area (Å²) in [6.45, 7) is 5.91. The van der Waals surface area contributed by atoms with Crippen LogP contribution in [-0.2, 0) is 11.2 Å². The third kappa shape index (κ3) is 4.35. The molecule has 28 heavy (non-hydrogen) atoms. The zero-order chi connectivity index (χ0) is 20.1. The molecule has 1 amide bonds. The number of aliphatic hydroxyl groups excluding tert-OH is 1. The largest absolute Gasteiger partial charge is 0.396 e. The minimum Gasteiger partial charge on any atom is -0.396 e. The van der Waals surface area contributed by atoms with Crippen LogP contribution in [0.4, 0.5) is 5.69 Å². The van der Waals surface area contributed by atoms with Crippen molar-refractivity contribution in [2.24, 2.45) is 11.8 Å². The van der Waals surface area contributed by atoms with Crippen LogP contribution in [0.25, 0.3) is 16.9 Å². The molecular formula is C21H23N5O2. The Morgan fingerprint density at radius 1 is 1.25 bits per heavy atom. The minimum absolute atomic E-state index is 0.120. The highest BCUT2D eigenvalue weighted by Gasteiger charge is 2.15. The van der Waals surface area contributed by atoms with Gasteiger partial charge in [0.15, 0.2) is 0 Å². The van der Waals surface area contributed by atoms with Crippen molar-refractivity contribution in [2.45, 2.75) is 27.2 Å².